The van der Waals surface area contributed by atoms with E-state index in [0.29, 0.717) is 13.2 Å². The Hall–Kier alpha value is -1.46. The van der Waals surface area contributed by atoms with E-state index < -0.39 is 5.97 Å². The Labute approximate surface area is 125 Å². The first-order valence-electron chi connectivity index (χ1n) is 7.43. The molecule has 5 heteroatoms. The highest BCUT2D eigenvalue weighted by molar-refractivity contribution is 5.67. The molecule has 1 fully saturated rings. The van der Waals surface area contributed by atoms with Crippen molar-refractivity contribution in [3.63, 3.8) is 0 Å². The van der Waals surface area contributed by atoms with Gasteiger partial charge in [0.25, 0.3) is 0 Å². The second kappa shape index (κ2) is 6.54. The van der Waals surface area contributed by atoms with E-state index in [1.54, 1.807) is 0 Å². The molecule has 1 saturated heterocycles. The number of nitrogens with zero attached hydrogens (tertiary/aromatic N) is 2. The molecule has 1 atom stereocenters. The van der Waals surface area contributed by atoms with Crippen molar-refractivity contribution in [1.29, 1.82) is 0 Å². The number of carboxylic acid groups (broad SMARTS) is 1. The lowest BCUT2D eigenvalue weighted by Gasteiger charge is -2.45. The minimum absolute atomic E-state index is 0.0504. The first-order chi connectivity index (χ1) is 9.90. The van der Waals surface area contributed by atoms with Crippen LogP contribution in [0, 0.1) is 0 Å². The summed E-state index contributed by atoms with van der Waals surface area (Å²) in [5, 5.41) is 8.92. The quantitative estimate of drug-likeness (QED) is 0.900. The third-order valence-corrected chi connectivity index (χ3v) is 4.00. The van der Waals surface area contributed by atoms with Gasteiger partial charge in [-0.05, 0) is 31.9 Å². The number of carboxylic acids is 1. The molecule has 21 heavy (non-hydrogen) atoms. The Bertz CT molecular complexity index is 485. The molecular weight excluding hydrogens is 268 g/mol. The summed E-state index contributed by atoms with van der Waals surface area (Å²) in [7, 11) is 0. The van der Waals surface area contributed by atoms with Crippen LogP contribution in [-0.2, 0) is 22.5 Å². The summed E-state index contributed by atoms with van der Waals surface area (Å²) in [6, 6.07) is 4.15. The van der Waals surface area contributed by atoms with Crippen molar-refractivity contribution in [1.82, 2.24) is 9.88 Å². The van der Waals surface area contributed by atoms with Crippen molar-refractivity contribution < 1.29 is 14.6 Å². The number of ether oxygens (including phenoxy) is 1. The van der Waals surface area contributed by atoms with Crippen LogP contribution in [0.25, 0.3) is 0 Å². The highest BCUT2D eigenvalue weighted by Gasteiger charge is 2.35. The van der Waals surface area contributed by atoms with E-state index in [1.807, 2.05) is 6.20 Å². The van der Waals surface area contributed by atoms with E-state index in [4.69, 9.17) is 9.84 Å². The molecule has 0 spiro atoms. The van der Waals surface area contributed by atoms with E-state index >= 15 is 0 Å². The van der Waals surface area contributed by atoms with Gasteiger partial charge in [-0.25, -0.2) is 0 Å². The van der Waals surface area contributed by atoms with Crippen LogP contribution in [-0.4, -0.2) is 45.8 Å². The molecule has 0 radical (unpaired) electrons. The molecule has 116 valence electrons. The maximum Gasteiger partial charge on any atom is 0.306 e. The van der Waals surface area contributed by atoms with Gasteiger partial charge in [0.1, 0.15) is 0 Å². The predicted octanol–water partition coefficient (Wildman–Crippen LogP) is 2.10. The molecule has 1 unspecified atom stereocenters. The van der Waals surface area contributed by atoms with Gasteiger partial charge in [-0.2, -0.15) is 0 Å². The zero-order valence-corrected chi connectivity index (χ0v) is 13.0. The summed E-state index contributed by atoms with van der Waals surface area (Å²) in [5.74, 6) is -0.815. The van der Waals surface area contributed by atoms with E-state index in [0.717, 1.165) is 18.7 Å². The number of hydrogen-bond donors (Lipinski definition) is 1. The summed E-state index contributed by atoms with van der Waals surface area (Å²) in [6.07, 6.45) is 2.70. The van der Waals surface area contributed by atoms with Gasteiger partial charge < -0.3 is 9.84 Å². The lowest BCUT2D eigenvalue weighted by Crippen LogP contribution is -2.55. The summed E-state index contributed by atoms with van der Waals surface area (Å²) in [4.78, 5) is 17.6. The van der Waals surface area contributed by atoms with Crippen LogP contribution in [0.15, 0.2) is 18.3 Å². The molecule has 0 amide bonds. The Balaban J connectivity index is 2.04. The van der Waals surface area contributed by atoms with Crippen molar-refractivity contribution in [3.05, 3.63) is 29.6 Å². The number of aryl methyl sites for hydroxylation is 1. The number of hydrogen-bond acceptors (Lipinski definition) is 4. The fraction of sp³-hybridized carbons (Fsp3) is 0.625. The van der Waals surface area contributed by atoms with Crippen molar-refractivity contribution in [2.24, 2.45) is 0 Å². The van der Waals surface area contributed by atoms with Crippen LogP contribution in [0.1, 0.15) is 38.4 Å². The summed E-state index contributed by atoms with van der Waals surface area (Å²) >= 11 is 0. The molecule has 0 aromatic carbocycles. The number of aromatic nitrogens is 1. The van der Waals surface area contributed by atoms with Crippen molar-refractivity contribution in [2.45, 2.75) is 51.8 Å². The number of rotatable bonds is 5. The standard InChI is InChI=1S/C16H24N2O3/c1-4-12-5-6-13(17-8-12)9-18-10-14(7-15(19)20)21-11-16(18,2)3/h5-6,8,14H,4,7,9-11H2,1-3H3,(H,19,20). The van der Waals surface area contributed by atoms with Crippen LogP contribution in [0.3, 0.4) is 0 Å². The van der Waals surface area contributed by atoms with Gasteiger partial charge in [0.15, 0.2) is 0 Å². The third kappa shape index (κ3) is 4.25. The number of pyridine rings is 1. The Kier molecular flexibility index (Phi) is 4.96. The maximum atomic E-state index is 10.9. The zero-order chi connectivity index (χ0) is 15.5. The van der Waals surface area contributed by atoms with Crippen molar-refractivity contribution >= 4 is 5.97 Å². The number of aliphatic carboxylic acids is 1. The summed E-state index contributed by atoms with van der Waals surface area (Å²) in [6.45, 7) is 8.22. The first kappa shape index (κ1) is 15.9. The predicted molar refractivity (Wildman–Crippen MR) is 80.1 cm³/mol. The lowest BCUT2D eigenvalue weighted by atomic mass is 9.99. The molecule has 2 heterocycles. The molecule has 1 N–H and O–H groups in total. The van der Waals surface area contributed by atoms with Gasteiger partial charge in [-0.3, -0.25) is 14.7 Å². The molecule has 1 aliphatic rings. The fourth-order valence-electron chi connectivity index (χ4n) is 2.51. The zero-order valence-electron chi connectivity index (χ0n) is 13.0. The SMILES string of the molecule is CCc1ccc(CN2CC(CC(=O)O)OCC2(C)C)nc1. The van der Waals surface area contributed by atoms with Crippen LogP contribution >= 0.6 is 0 Å². The molecular formula is C16H24N2O3. The minimum atomic E-state index is -0.815. The Morgan fingerprint density at radius 3 is 2.86 bits per heavy atom. The van der Waals surface area contributed by atoms with E-state index in [-0.39, 0.29) is 18.1 Å². The van der Waals surface area contributed by atoms with Crippen molar-refractivity contribution in [3.8, 4) is 0 Å². The molecule has 0 saturated carbocycles. The molecule has 1 aliphatic heterocycles. The molecule has 5 nitrogen and oxygen atoms in total. The van der Waals surface area contributed by atoms with Gasteiger partial charge in [-0.15, -0.1) is 0 Å². The smallest absolute Gasteiger partial charge is 0.306 e. The van der Waals surface area contributed by atoms with E-state index in [2.05, 4.69) is 42.8 Å². The first-order valence-corrected chi connectivity index (χ1v) is 7.43. The van der Waals surface area contributed by atoms with Crippen LogP contribution < -0.4 is 0 Å². The Morgan fingerprint density at radius 2 is 2.29 bits per heavy atom. The van der Waals surface area contributed by atoms with Gasteiger partial charge in [0.05, 0.1) is 24.8 Å². The van der Waals surface area contributed by atoms with E-state index in [1.165, 1.54) is 5.56 Å². The second-order valence-electron chi connectivity index (χ2n) is 6.24. The topological polar surface area (TPSA) is 62.7 Å². The lowest BCUT2D eigenvalue weighted by molar-refractivity contribution is -0.147. The highest BCUT2D eigenvalue weighted by Crippen LogP contribution is 2.25. The van der Waals surface area contributed by atoms with Crippen molar-refractivity contribution in [2.75, 3.05) is 13.2 Å². The number of morpholine rings is 1. The molecule has 2 rings (SSSR count). The molecule has 0 bridgehead atoms. The fourth-order valence-corrected chi connectivity index (χ4v) is 2.51. The number of carbonyl (C=O) groups is 1. The third-order valence-electron chi connectivity index (χ3n) is 4.00. The second-order valence-corrected chi connectivity index (χ2v) is 6.24. The average Bonchev–Trinajstić information content (AvgIpc) is 2.43. The summed E-state index contributed by atoms with van der Waals surface area (Å²) < 4.78 is 5.67. The largest absolute Gasteiger partial charge is 0.481 e. The van der Waals surface area contributed by atoms with Gasteiger partial charge >= 0.3 is 5.97 Å². The minimum Gasteiger partial charge on any atom is -0.481 e. The maximum absolute atomic E-state index is 10.9. The monoisotopic (exact) mass is 292 g/mol. The average molecular weight is 292 g/mol. The molecule has 0 aliphatic carbocycles. The van der Waals surface area contributed by atoms with Crippen LogP contribution in [0.2, 0.25) is 0 Å². The Morgan fingerprint density at radius 1 is 1.52 bits per heavy atom. The van der Waals surface area contributed by atoms with Gasteiger partial charge in [0.2, 0.25) is 0 Å². The molecule has 1 aromatic rings. The molecule has 1 aromatic heterocycles. The van der Waals surface area contributed by atoms with Gasteiger partial charge in [0, 0.05) is 24.8 Å². The van der Waals surface area contributed by atoms with Crippen LogP contribution in [0.5, 0.6) is 0 Å². The summed E-state index contributed by atoms with van der Waals surface area (Å²) in [5.41, 5.74) is 2.13. The normalized spacial score (nSPS) is 22.1. The van der Waals surface area contributed by atoms with Crippen LogP contribution in [0.4, 0.5) is 0 Å². The highest BCUT2D eigenvalue weighted by atomic mass is 16.5. The van der Waals surface area contributed by atoms with Gasteiger partial charge in [-0.1, -0.05) is 13.0 Å². The van der Waals surface area contributed by atoms with E-state index in [9.17, 15) is 4.79 Å².